The lowest BCUT2D eigenvalue weighted by molar-refractivity contribution is 0.0576. The molecule has 24 heavy (non-hydrogen) atoms. The molecule has 0 spiro atoms. The second-order valence-electron chi connectivity index (χ2n) is 7.55. The molecule has 0 unspecified atom stereocenters. The Morgan fingerprint density at radius 3 is 2.62 bits per heavy atom. The average molecular weight is 397 g/mol. The third-order valence-electron chi connectivity index (χ3n) is 4.31. The molecule has 1 fully saturated rings. The lowest BCUT2D eigenvalue weighted by atomic mass is 9.87. The molecule has 1 heterocycles. The molecule has 0 saturated heterocycles. The number of anilines is 1. The predicted molar refractivity (Wildman–Crippen MR) is 102 cm³/mol. The SMILES string of the molecule is CC(C)(C)OC(=O)N(CCC1CCCCC1)c1cccc(CBr)n1. The van der Waals surface area contributed by atoms with Crippen LogP contribution in [0.2, 0.25) is 0 Å². The third-order valence-corrected chi connectivity index (χ3v) is 4.88. The van der Waals surface area contributed by atoms with Gasteiger partial charge in [-0.3, -0.25) is 4.90 Å². The van der Waals surface area contributed by atoms with Crippen LogP contribution >= 0.6 is 15.9 Å². The van der Waals surface area contributed by atoms with Crippen molar-refractivity contribution in [3.8, 4) is 0 Å². The molecular weight excluding hydrogens is 368 g/mol. The van der Waals surface area contributed by atoms with Gasteiger partial charge in [-0.15, -0.1) is 0 Å². The van der Waals surface area contributed by atoms with E-state index in [4.69, 9.17) is 4.74 Å². The maximum atomic E-state index is 12.7. The number of alkyl halides is 1. The highest BCUT2D eigenvalue weighted by atomic mass is 79.9. The van der Waals surface area contributed by atoms with Crippen LogP contribution in [0.25, 0.3) is 0 Å². The van der Waals surface area contributed by atoms with Gasteiger partial charge in [0.25, 0.3) is 0 Å². The van der Waals surface area contributed by atoms with Crippen LogP contribution in [0.1, 0.15) is 65.0 Å². The molecule has 0 aromatic carbocycles. The van der Waals surface area contributed by atoms with E-state index in [2.05, 4.69) is 20.9 Å². The van der Waals surface area contributed by atoms with Crippen molar-refractivity contribution in [2.24, 2.45) is 5.92 Å². The second-order valence-corrected chi connectivity index (χ2v) is 8.11. The normalized spacial score (nSPS) is 16.0. The summed E-state index contributed by atoms with van der Waals surface area (Å²) in [5, 5.41) is 0.672. The monoisotopic (exact) mass is 396 g/mol. The Morgan fingerprint density at radius 1 is 1.29 bits per heavy atom. The number of rotatable bonds is 5. The van der Waals surface area contributed by atoms with Gasteiger partial charge in [0.15, 0.2) is 0 Å². The highest BCUT2D eigenvalue weighted by molar-refractivity contribution is 9.08. The molecule has 1 amide bonds. The number of hydrogen-bond acceptors (Lipinski definition) is 3. The Hall–Kier alpha value is -1.10. The fourth-order valence-electron chi connectivity index (χ4n) is 3.10. The zero-order valence-corrected chi connectivity index (χ0v) is 16.6. The molecule has 1 aliphatic rings. The molecule has 0 radical (unpaired) electrons. The van der Waals surface area contributed by atoms with Crippen LogP contribution < -0.4 is 4.90 Å². The van der Waals surface area contributed by atoms with Crippen LogP contribution in [-0.2, 0) is 10.1 Å². The van der Waals surface area contributed by atoms with E-state index in [1.807, 2.05) is 39.0 Å². The first kappa shape index (κ1) is 19.2. The fraction of sp³-hybridized carbons (Fsp3) is 0.684. The van der Waals surface area contributed by atoms with E-state index in [1.165, 1.54) is 32.1 Å². The molecule has 0 N–H and O–H groups in total. The number of amides is 1. The Kier molecular flexibility index (Phi) is 7.08. The summed E-state index contributed by atoms with van der Waals surface area (Å²) >= 11 is 3.43. The minimum atomic E-state index is -0.507. The van der Waals surface area contributed by atoms with Crippen molar-refractivity contribution in [2.45, 2.75) is 70.2 Å². The van der Waals surface area contributed by atoms with Crippen molar-refractivity contribution < 1.29 is 9.53 Å². The van der Waals surface area contributed by atoms with Crippen LogP contribution in [0.4, 0.5) is 10.6 Å². The summed E-state index contributed by atoms with van der Waals surface area (Å²) in [4.78, 5) is 19.0. The van der Waals surface area contributed by atoms with E-state index < -0.39 is 5.60 Å². The summed E-state index contributed by atoms with van der Waals surface area (Å²) in [6.45, 7) is 6.35. The molecule has 0 bridgehead atoms. The molecule has 4 nitrogen and oxygen atoms in total. The van der Waals surface area contributed by atoms with Gasteiger partial charge in [0.2, 0.25) is 0 Å². The molecule has 1 aliphatic carbocycles. The summed E-state index contributed by atoms with van der Waals surface area (Å²) < 4.78 is 5.60. The predicted octanol–water partition coefficient (Wildman–Crippen LogP) is 5.69. The summed E-state index contributed by atoms with van der Waals surface area (Å²) in [6.07, 6.45) is 7.23. The lowest BCUT2D eigenvalue weighted by Crippen LogP contribution is -2.38. The number of carbonyl (C=O) groups is 1. The van der Waals surface area contributed by atoms with Gasteiger partial charge in [0, 0.05) is 11.9 Å². The topological polar surface area (TPSA) is 42.4 Å². The van der Waals surface area contributed by atoms with E-state index in [0.717, 1.165) is 12.1 Å². The number of pyridine rings is 1. The molecular formula is C19H29BrN2O2. The highest BCUT2D eigenvalue weighted by Gasteiger charge is 2.25. The van der Waals surface area contributed by atoms with E-state index in [0.29, 0.717) is 23.6 Å². The largest absolute Gasteiger partial charge is 0.443 e. The van der Waals surface area contributed by atoms with Gasteiger partial charge in [-0.25, -0.2) is 9.78 Å². The Labute approximate surface area is 154 Å². The van der Waals surface area contributed by atoms with E-state index in [9.17, 15) is 4.79 Å². The minimum Gasteiger partial charge on any atom is -0.443 e. The van der Waals surface area contributed by atoms with E-state index in [-0.39, 0.29) is 6.09 Å². The lowest BCUT2D eigenvalue weighted by Gasteiger charge is -2.29. The Bertz CT molecular complexity index is 536. The number of ether oxygens (including phenoxy) is 1. The van der Waals surface area contributed by atoms with Gasteiger partial charge in [-0.05, 0) is 45.2 Å². The number of nitrogens with zero attached hydrogens (tertiary/aromatic N) is 2. The molecule has 134 valence electrons. The second kappa shape index (κ2) is 8.84. The summed E-state index contributed by atoms with van der Waals surface area (Å²) in [5.41, 5.74) is 0.409. The zero-order valence-electron chi connectivity index (χ0n) is 15.1. The van der Waals surface area contributed by atoms with Crippen LogP contribution in [0.3, 0.4) is 0 Å². The Balaban J connectivity index is 2.11. The maximum Gasteiger partial charge on any atom is 0.416 e. The van der Waals surface area contributed by atoms with Crippen molar-refractivity contribution in [3.05, 3.63) is 23.9 Å². The van der Waals surface area contributed by atoms with Crippen LogP contribution in [0.5, 0.6) is 0 Å². The standard InChI is InChI=1S/C19H29BrN2O2/c1-19(2,3)24-18(23)22(13-12-15-8-5-4-6-9-15)17-11-7-10-16(14-20)21-17/h7,10-11,15H,4-6,8-9,12-14H2,1-3H3. The number of halogens is 1. The summed E-state index contributed by atoms with van der Waals surface area (Å²) in [7, 11) is 0. The molecule has 0 aliphatic heterocycles. The molecule has 1 aromatic heterocycles. The molecule has 1 saturated carbocycles. The average Bonchev–Trinajstić information content (AvgIpc) is 2.54. The van der Waals surface area contributed by atoms with Gasteiger partial charge >= 0.3 is 6.09 Å². The van der Waals surface area contributed by atoms with Crippen LogP contribution in [0, 0.1) is 5.92 Å². The quantitative estimate of drug-likeness (QED) is 0.600. The smallest absolute Gasteiger partial charge is 0.416 e. The van der Waals surface area contributed by atoms with Crippen molar-refractivity contribution in [1.82, 2.24) is 4.98 Å². The van der Waals surface area contributed by atoms with Crippen LogP contribution in [-0.4, -0.2) is 23.2 Å². The number of aromatic nitrogens is 1. The number of hydrogen-bond donors (Lipinski definition) is 0. The first-order valence-corrected chi connectivity index (χ1v) is 10.0. The highest BCUT2D eigenvalue weighted by Crippen LogP contribution is 2.27. The molecule has 0 atom stereocenters. The number of carbonyl (C=O) groups excluding carboxylic acids is 1. The van der Waals surface area contributed by atoms with Gasteiger partial charge in [-0.1, -0.05) is 54.1 Å². The third kappa shape index (κ3) is 6.08. The van der Waals surface area contributed by atoms with Gasteiger partial charge in [-0.2, -0.15) is 0 Å². The van der Waals surface area contributed by atoms with Crippen molar-refractivity contribution in [3.63, 3.8) is 0 Å². The molecule has 2 rings (SSSR count). The fourth-order valence-corrected chi connectivity index (χ4v) is 3.41. The summed E-state index contributed by atoms with van der Waals surface area (Å²) in [5.74, 6) is 1.39. The van der Waals surface area contributed by atoms with Crippen molar-refractivity contribution in [1.29, 1.82) is 0 Å². The van der Waals surface area contributed by atoms with Crippen LogP contribution in [0.15, 0.2) is 18.2 Å². The molecule has 1 aromatic rings. The first-order chi connectivity index (χ1) is 11.4. The summed E-state index contributed by atoms with van der Waals surface area (Å²) in [6, 6.07) is 5.78. The maximum absolute atomic E-state index is 12.7. The van der Waals surface area contributed by atoms with E-state index in [1.54, 1.807) is 4.90 Å². The zero-order chi connectivity index (χ0) is 17.6. The van der Waals surface area contributed by atoms with E-state index >= 15 is 0 Å². The molecule has 5 heteroatoms. The van der Waals surface area contributed by atoms with Gasteiger partial charge < -0.3 is 4.74 Å². The minimum absolute atomic E-state index is 0.308. The first-order valence-electron chi connectivity index (χ1n) is 8.91. The Morgan fingerprint density at radius 2 is 2.00 bits per heavy atom. The van der Waals surface area contributed by atoms with Crippen molar-refractivity contribution in [2.75, 3.05) is 11.4 Å². The van der Waals surface area contributed by atoms with Gasteiger partial charge in [0.05, 0.1) is 5.69 Å². The van der Waals surface area contributed by atoms with Crippen molar-refractivity contribution >= 4 is 27.8 Å². The van der Waals surface area contributed by atoms with Gasteiger partial charge in [0.1, 0.15) is 11.4 Å².